The molecule has 2 aromatic rings. The van der Waals surface area contributed by atoms with Crippen molar-refractivity contribution in [1.29, 1.82) is 0 Å². The summed E-state index contributed by atoms with van der Waals surface area (Å²) in [5, 5.41) is 0. The molecule has 4 nitrogen and oxygen atoms in total. The van der Waals surface area contributed by atoms with E-state index < -0.39 is 10.0 Å². The summed E-state index contributed by atoms with van der Waals surface area (Å²) in [6.07, 6.45) is 1.25. The van der Waals surface area contributed by atoms with Crippen LogP contribution in [-0.4, -0.2) is 27.8 Å². The van der Waals surface area contributed by atoms with Crippen LogP contribution in [-0.2, 0) is 16.4 Å². The number of sulfonamides is 1. The maximum atomic E-state index is 12.1. The van der Waals surface area contributed by atoms with Crippen LogP contribution in [0.5, 0.6) is 5.75 Å². The first-order valence-electron chi connectivity index (χ1n) is 8.15. The number of benzene rings is 2. The third kappa shape index (κ3) is 5.98. The van der Waals surface area contributed by atoms with Gasteiger partial charge in [-0.2, -0.15) is 0 Å². The zero-order valence-electron chi connectivity index (χ0n) is 14.2. The molecule has 2 aromatic carbocycles. The van der Waals surface area contributed by atoms with Gasteiger partial charge in [0.25, 0.3) is 0 Å². The largest absolute Gasteiger partial charge is 0.497 e. The van der Waals surface area contributed by atoms with Crippen molar-refractivity contribution in [1.82, 2.24) is 4.72 Å². The molecule has 1 unspecified atom stereocenters. The van der Waals surface area contributed by atoms with E-state index in [1.54, 1.807) is 7.11 Å². The van der Waals surface area contributed by atoms with Crippen molar-refractivity contribution in [3.8, 4) is 5.75 Å². The maximum Gasteiger partial charge on any atom is 0.211 e. The van der Waals surface area contributed by atoms with Gasteiger partial charge in [0.05, 0.1) is 12.9 Å². The first-order chi connectivity index (χ1) is 11.5. The molecule has 0 aliphatic heterocycles. The summed E-state index contributed by atoms with van der Waals surface area (Å²) in [5.74, 6) is 1.15. The quantitative estimate of drug-likeness (QED) is 0.757. The molecule has 0 amide bonds. The SMILES string of the molecule is COc1cccc(CCS(=O)(=O)NCCC(C)c2ccccc2)c1. The lowest BCUT2D eigenvalue weighted by Crippen LogP contribution is -2.28. The molecule has 0 heterocycles. The van der Waals surface area contributed by atoms with Crippen LogP contribution in [0.4, 0.5) is 0 Å². The van der Waals surface area contributed by atoms with Gasteiger partial charge < -0.3 is 4.74 Å². The lowest BCUT2D eigenvalue weighted by Gasteiger charge is -2.13. The second-order valence-corrected chi connectivity index (χ2v) is 7.84. The number of nitrogens with one attached hydrogen (secondary N) is 1. The van der Waals surface area contributed by atoms with Crippen LogP contribution < -0.4 is 9.46 Å². The summed E-state index contributed by atoms with van der Waals surface area (Å²) >= 11 is 0. The van der Waals surface area contributed by atoms with E-state index in [-0.39, 0.29) is 5.75 Å². The van der Waals surface area contributed by atoms with E-state index in [4.69, 9.17) is 4.74 Å². The van der Waals surface area contributed by atoms with Crippen LogP contribution in [0.2, 0.25) is 0 Å². The predicted octanol–water partition coefficient (Wildman–Crippen LogP) is 3.35. The fraction of sp³-hybridized carbons (Fsp3) is 0.368. The molecular formula is C19H25NO3S. The summed E-state index contributed by atoms with van der Waals surface area (Å²) in [6.45, 7) is 2.57. The van der Waals surface area contributed by atoms with Crippen molar-refractivity contribution in [3.63, 3.8) is 0 Å². The molecule has 0 saturated heterocycles. The number of methoxy groups -OCH3 is 1. The van der Waals surface area contributed by atoms with Gasteiger partial charge in [0.2, 0.25) is 10.0 Å². The number of hydrogen-bond acceptors (Lipinski definition) is 3. The zero-order chi connectivity index (χ0) is 17.4. The van der Waals surface area contributed by atoms with Crippen LogP contribution in [0.15, 0.2) is 54.6 Å². The number of aryl methyl sites for hydroxylation is 1. The fourth-order valence-corrected chi connectivity index (χ4v) is 3.61. The van der Waals surface area contributed by atoms with Crippen LogP contribution in [0.3, 0.4) is 0 Å². The molecule has 0 aliphatic rings. The van der Waals surface area contributed by atoms with Gasteiger partial charge in [-0.1, -0.05) is 49.4 Å². The lowest BCUT2D eigenvalue weighted by atomic mass is 9.98. The van der Waals surface area contributed by atoms with Gasteiger partial charge in [0, 0.05) is 6.54 Å². The molecule has 5 heteroatoms. The van der Waals surface area contributed by atoms with Crippen LogP contribution >= 0.6 is 0 Å². The van der Waals surface area contributed by atoms with E-state index in [0.29, 0.717) is 18.9 Å². The van der Waals surface area contributed by atoms with Crippen molar-refractivity contribution in [2.24, 2.45) is 0 Å². The van der Waals surface area contributed by atoms with Crippen LogP contribution in [0.1, 0.15) is 30.4 Å². The third-order valence-electron chi connectivity index (χ3n) is 4.06. The minimum atomic E-state index is -3.27. The Bertz CT molecular complexity index is 729. The molecule has 1 atom stereocenters. The van der Waals surface area contributed by atoms with Gasteiger partial charge in [-0.05, 0) is 42.0 Å². The highest BCUT2D eigenvalue weighted by atomic mass is 32.2. The Morgan fingerprint density at radius 2 is 1.83 bits per heavy atom. The molecule has 1 N–H and O–H groups in total. The predicted molar refractivity (Wildman–Crippen MR) is 98.0 cm³/mol. The van der Waals surface area contributed by atoms with E-state index in [2.05, 4.69) is 23.8 Å². The smallest absolute Gasteiger partial charge is 0.211 e. The molecule has 0 fully saturated rings. The first kappa shape index (κ1) is 18.5. The van der Waals surface area contributed by atoms with Gasteiger partial charge in [-0.15, -0.1) is 0 Å². The lowest BCUT2D eigenvalue weighted by molar-refractivity contribution is 0.414. The van der Waals surface area contributed by atoms with E-state index in [1.165, 1.54) is 5.56 Å². The third-order valence-corrected chi connectivity index (χ3v) is 5.45. The zero-order valence-corrected chi connectivity index (χ0v) is 15.1. The second-order valence-electron chi connectivity index (χ2n) is 5.92. The van der Waals surface area contributed by atoms with E-state index in [0.717, 1.165) is 17.7 Å². The summed E-state index contributed by atoms with van der Waals surface area (Å²) in [7, 11) is -1.67. The van der Waals surface area contributed by atoms with Gasteiger partial charge in [0.15, 0.2) is 0 Å². The summed E-state index contributed by atoms with van der Waals surface area (Å²) in [4.78, 5) is 0. The van der Waals surface area contributed by atoms with Gasteiger partial charge in [-0.3, -0.25) is 0 Å². The molecule has 0 aromatic heterocycles. The minimum absolute atomic E-state index is 0.0832. The highest BCUT2D eigenvalue weighted by Crippen LogP contribution is 2.18. The Labute approximate surface area is 144 Å². The van der Waals surface area contributed by atoms with Gasteiger partial charge in [-0.25, -0.2) is 13.1 Å². The Hall–Kier alpha value is -1.85. The molecule has 0 radical (unpaired) electrons. The molecule has 2 rings (SSSR count). The van der Waals surface area contributed by atoms with E-state index >= 15 is 0 Å². The molecule has 0 spiro atoms. The number of rotatable bonds is 9. The summed E-state index contributed by atoms with van der Waals surface area (Å²) in [6, 6.07) is 17.6. The van der Waals surface area contributed by atoms with E-state index in [9.17, 15) is 8.42 Å². The van der Waals surface area contributed by atoms with Gasteiger partial charge >= 0.3 is 0 Å². The Morgan fingerprint density at radius 1 is 1.08 bits per heavy atom. The first-order valence-corrected chi connectivity index (χ1v) is 9.80. The Kier molecular flexibility index (Phi) is 6.82. The number of ether oxygens (including phenoxy) is 1. The molecule has 130 valence electrons. The minimum Gasteiger partial charge on any atom is -0.497 e. The molecular weight excluding hydrogens is 322 g/mol. The van der Waals surface area contributed by atoms with Crippen molar-refractivity contribution in [2.45, 2.75) is 25.7 Å². The van der Waals surface area contributed by atoms with Gasteiger partial charge in [0.1, 0.15) is 5.75 Å². The van der Waals surface area contributed by atoms with Crippen molar-refractivity contribution in [2.75, 3.05) is 19.4 Å². The van der Waals surface area contributed by atoms with E-state index in [1.807, 2.05) is 42.5 Å². The average Bonchev–Trinajstić information content (AvgIpc) is 2.61. The highest BCUT2D eigenvalue weighted by molar-refractivity contribution is 7.89. The average molecular weight is 347 g/mol. The molecule has 0 aliphatic carbocycles. The standard InChI is InChI=1S/C19H25NO3S/c1-16(18-8-4-3-5-9-18)11-13-20-24(21,22)14-12-17-7-6-10-19(15-17)23-2/h3-10,15-16,20H,11-14H2,1-2H3. The van der Waals surface area contributed by atoms with Crippen molar-refractivity contribution >= 4 is 10.0 Å². The Morgan fingerprint density at radius 3 is 2.54 bits per heavy atom. The molecule has 0 saturated carbocycles. The number of hydrogen-bond donors (Lipinski definition) is 1. The second kappa shape index (κ2) is 8.85. The normalized spacial score (nSPS) is 12.8. The van der Waals surface area contributed by atoms with Crippen LogP contribution in [0, 0.1) is 0 Å². The topological polar surface area (TPSA) is 55.4 Å². The monoisotopic (exact) mass is 347 g/mol. The van der Waals surface area contributed by atoms with Crippen molar-refractivity contribution in [3.05, 3.63) is 65.7 Å². The molecule has 24 heavy (non-hydrogen) atoms. The highest BCUT2D eigenvalue weighted by Gasteiger charge is 2.12. The summed E-state index contributed by atoms with van der Waals surface area (Å²) < 4.78 is 32.1. The maximum absolute atomic E-state index is 12.1. The van der Waals surface area contributed by atoms with Crippen molar-refractivity contribution < 1.29 is 13.2 Å². The Balaban J connectivity index is 1.79. The van der Waals surface area contributed by atoms with Crippen LogP contribution in [0.25, 0.3) is 0 Å². The molecule has 0 bridgehead atoms. The summed E-state index contributed by atoms with van der Waals surface area (Å²) in [5.41, 5.74) is 2.19. The fourth-order valence-electron chi connectivity index (χ4n) is 2.53.